The quantitative estimate of drug-likeness (QED) is 0.781. The lowest BCUT2D eigenvalue weighted by atomic mass is 9.97. The predicted molar refractivity (Wildman–Crippen MR) is 59.3 cm³/mol. The van der Waals surface area contributed by atoms with Crippen LogP contribution < -0.4 is 10.1 Å². The molecule has 0 spiro atoms. The van der Waals surface area contributed by atoms with Crippen LogP contribution in [0, 0.1) is 0 Å². The molecule has 3 nitrogen and oxygen atoms in total. The molecule has 82 valence electrons. The van der Waals surface area contributed by atoms with Gasteiger partial charge >= 0.3 is 0 Å². The van der Waals surface area contributed by atoms with E-state index in [-0.39, 0.29) is 5.75 Å². The van der Waals surface area contributed by atoms with Crippen LogP contribution in [0.4, 0.5) is 0 Å². The van der Waals surface area contributed by atoms with E-state index in [0.717, 1.165) is 18.5 Å². The Hall–Kier alpha value is -1.22. The fourth-order valence-corrected chi connectivity index (χ4v) is 2.06. The highest BCUT2D eigenvalue weighted by atomic mass is 16.5. The Morgan fingerprint density at radius 2 is 2.27 bits per heavy atom. The van der Waals surface area contributed by atoms with Gasteiger partial charge in [0.2, 0.25) is 0 Å². The maximum Gasteiger partial charge on any atom is 0.160 e. The van der Waals surface area contributed by atoms with Crippen LogP contribution in [0.1, 0.15) is 30.9 Å². The summed E-state index contributed by atoms with van der Waals surface area (Å²) < 4.78 is 5.02. The van der Waals surface area contributed by atoms with E-state index in [0.29, 0.717) is 11.8 Å². The maximum absolute atomic E-state index is 9.67. The first kappa shape index (κ1) is 10.3. The third-order valence-corrected chi connectivity index (χ3v) is 2.92. The number of hydrogen-bond acceptors (Lipinski definition) is 3. The average molecular weight is 207 g/mol. The number of piperidine rings is 1. The Balaban J connectivity index is 2.17. The summed E-state index contributed by atoms with van der Waals surface area (Å²) in [6.45, 7) is 1.07. The van der Waals surface area contributed by atoms with Gasteiger partial charge in [-0.25, -0.2) is 0 Å². The van der Waals surface area contributed by atoms with Crippen molar-refractivity contribution >= 4 is 0 Å². The van der Waals surface area contributed by atoms with Crippen LogP contribution in [0.2, 0.25) is 0 Å². The molecule has 2 N–H and O–H groups in total. The fraction of sp³-hybridized carbons (Fsp3) is 0.500. The second-order valence-corrected chi connectivity index (χ2v) is 3.93. The van der Waals surface area contributed by atoms with E-state index in [2.05, 4.69) is 5.32 Å². The molecular formula is C12H17NO2. The molecule has 0 radical (unpaired) electrons. The summed E-state index contributed by atoms with van der Waals surface area (Å²) in [5.74, 6) is 0.761. The van der Waals surface area contributed by atoms with Gasteiger partial charge in [0, 0.05) is 6.04 Å². The lowest BCUT2D eigenvalue weighted by Gasteiger charge is -2.24. The zero-order valence-corrected chi connectivity index (χ0v) is 8.99. The zero-order valence-electron chi connectivity index (χ0n) is 8.99. The third kappa shape index (κ3) is 2.23. The Morgan fingerprint density at radius 1 is 1.40 bits per heavy atom. The van der Waals surface area contributed by atoms with Crippen molar-refractivity contribution in [3.63, 3.8) is 0 Å². The second kappa shape index (κ2) is 4.53. The topological polar surface area (TPSA) is 41.5 Å². The standard InChI is InChI=1S/C12H17NO2/c1-15-12-6-5-9(8-11(12)14)10-4-2-3-7-13-10/h5-6,8,10,13-14H,2-4,7H2,1H3. The minimum Gasteiger partial charge on any atom is -0.504 e. The van der Waals surface area contributed by atoms with E-state index in [4.69, 9.17) is 4.74 Å². The summed E-state index contributed by atoms with van der Waals surface area (Å²) in [5.41, 5.74) is 1.15. The van der Waals surface area contributed by atoms with Crippen molar-refractivity contribution in [1.82, 2.24) is 5.32 Å². The lowest BCUT2D eigenvalue weighted by molar-refractivity contribution is 0.369. The summed E-state index contributed by atoms with van der Waals surface area (Å²) in [5, 5.41) is 13.1. The summed E-state index contributed by atoms with van der Waals surface area (Å²) in [4.78, 5) is 0. The van der Waals surface area contributed by atoms with Gasteiger partial charge in [0.1, 0.15) is 0 Å². The van der Waals surface area contributed by atoms with Crippen LogP contribution in [0.5, 0.6) is 11.5 Å². The maximum atomic E-state index is 9.67. The van der Waals surface area contributed by atoms with Crippen molar-refractivity contribution in [2.45, 2.75) is 25.3 Å². The lowest BCUT2D eigenvalue weighted by Crippen LogP contribution is -2.26. The van der Waals surface area contributed by atoms with Crippen molar-refractivity contribution in [1.29, 1.82) is 0 Å². The highest BCUT2D eigenvalue weighted by molar-refractivity contribution is 5.42. The highest BCUT2D eigenvalue weighted by Gasteiger charge is 2.15. The minimum atomic E-state index is 0.224. The van der Waals surface area contributed by atoms with Gasteiger partial charge < -0.3 is 15.2 Å². The van der Waals surface area contributed by atoms with Gasteiger partial charge in [-0.1, -0.05) is 12.5 Å². The van der Waals surface area contributed by atoms with Gasteiger partial charge in [-0.05, 0) is 37.1 Å². The normalized spacial score (nSPS) is 21.3. The molecule has 0 bridgehead atoms. The molecule has 3 heteroatoms. The Morgan fingerprint density at radius 3 is 2.87 bits per heavy atom. The average Bonchev–Trinajstić information content (AvgIpc) is 2.30. The van der Waals surface area contributed by atoms with Gasteiger partial charge in [0.25, 0.3) is 0 Å². The van der Waals surface area contributed by atoms with E-state index in [9.17, 15) is 5.11 Å². The van der Waals surface area contributed by atoms with Crippen LogP contribution >= 0.6 is 0 Å². The summed E-state index contributed by atoms with van der Waals surface area (Å²) in [6.07, 6.45) is 3.65. The molecule has 0 amide bonds. The zero-order chi connectivity index (χ0) is 10.7. The van der Waals surface area contributed by atoms with Crippen molar-refractivity contribution in [2.24, 2.45) is 0 Å². The summed E-state index contributed by atoms with van der Waals surface area (Å²) in [7, 11) is 1.56. The molecule has 1 unspecified atom stereocenters. The number of benzene rings is 1. The number of ether oxygens (including phenoxy) is 1. The molecule has 1 heterocycles. The van der Waals surface area contributed by atoms with E-state index in [1.165, 1.54) is 12.8 Å². The Labute approximate surface area is 90.1 Å². The number of nitrogens with one attached hydrogen (secondary N) is 1. The summed E-state index contributed by atoms with van der Waals surface area (Å²) in [6, 6.07) is 6.01. The number of hydrogen-bond donors (Lipinski definition) is 2. The molecule has 1 atom stereocenters. The van der Waals surface area contributed by atoms with Gasteiger partial charge in [-0.15, -0.1) is 0 Å². The Kier molecular flexibility index (Phi) is 3.11. The Bertz CT molecular complexity index is 332. The smallest absolute Gasteiger partial charge is 0.160 e. The largest absolute Gasteiger partial charge is 0.504 e. The number of methoxy groups -OCH3 is 1. The van der Waals surface area contributed by atoms with Crippen molar-refractivity contribution in [3.05, 3.63) is 23.8 Å². The number of phenols is 1. The number of aromatic hydroxyl groups is 1. The molecule has 0 aromatic heterocycles. The molecule has 2 rings (SSSR count). The first-order chi connectivity index (χ1) is 7.31. The van der Waals surface area contributed by atoms with E-state index >= 15 is 0 Å². The molecule has 0 saturated carbocycles. The van der Waals surface area contributed by atoms with Crippen LogP contribution in [0.3, 0.4) is 0 Å². The molecule has 1 saturated heterocycles. The van der Waals surface area contributed by atoms with Gasteiger partial charge in [-0.3, -0.25) is 0 Å². The predicted octanol–water partition coefficient (Wildman–Crippen LogP) is 2.22. The third-order valence-electron chi connectivity index (χ3n) is 2.92. The molecular weight excluding hydrogens is 190 g/mol. The number of phenolic OH excluding ortho intramolecular Hbond substituents is 1. The molecule has 1 aliphatic rings. The van der Waals surface area contributed by atoms with Crippen molar-refractivity contribution in [3.8, 4) is 11.5 Å². The van der Waals surface area contributed by atoms with Gasteiger partial charge in [0.15, 0.2) is 11.5 Å². The molecule has 1 fully saturated rings. The van der Waals surface area contributed by atoms with Crippen LogP contribution in [-0.4, -0.2) is 18.8 Å². The van der Waals surface area contributed by atoms with Crippen LogP contribution in [-0.2, 0) is 0 Å². The van der Waals surface area contributed by atoms with Gasteiger partial charge in [-0.2, -0.15) is 0 Å². The highest BCUT2D eigenvalue weighted by Crippen LogP contribution is 2.31. The molecule has 0 aliphatic carbocycles. The summed E-state index contributed by atoms with van der Waals surface area (Å²) >= 11 is 0. The first-order valence-corrected chi connectivity index (χ1v) is 5.41. The fourth-order valence-electron chi connectivity index (χ4n) is 2.06. The molecule has 1 aromatic carbocycles. The van der Waals surface area contributed by atoms with E-state index < -0.39 is 0 Å². The van der Waals surface area contributed by atoms with Crippen molar-refractivity contribution < 1.29 is 9.84 Å². The van der Waals surface area contributed by atoms with Crippen LogP contribution in [0.25, 0.3) is 0 Å². The first-order valence-electron chi connectivity index (χ1n) is 5.41. The molecule has 1 aromatic rings. The van der Waals surface area contributed by atoms with Crippen molar-refractivity contribution in [2.75, 3.05) is 13.7 Å². The minimum absolute atomic E-state index is 0.224. The van der Waals surface area contributed by atoms with E-state index in [1.807, 2.05) is 12.1 Å². The molecule has 1 aliphatic heterocycles. The van der Waals surface area contributed by atoms with Crippen LogP contribution in [0.15, 0.2) is 18.2 Å². The van der Waals surface area contributed by atoms with Gasteiger partial charge in [0.05, 0.1) is 7.11 Å². The second-order valence-electron chi connectivity index (χ2n) is 3.93. The SMILES string of the molecule is COc1ccc(C2CCCCN2)cc1O. The monoisotopic (exact) mass is 207 g/mol. The number of rotatable bonds is 2. The van der Waals surface area contributed by atoms with E-state index in [1.54, 1.807) is 13.2 Å². The molecule has 15 heavy (non-hydrogen) atoms.